The summed E-state index contributed by atoms with van der Waals surface area (Å²) in [5.41, 5.74) is 9.14. The van der Waals surface area contributed by atoms with Gasteiger partial charge in [-0.05, 0) is 58.0 Å². The summed E-state index contributed by atoms with van der Waals surface area (Å²) in [7, 11) is 4.45. The van der Waals surface area contributed by atoms with Crippen LogP contribution in [0.15, 0.2) is 24.3 Å². The number of likely N-dealkylation sites (tertiary alicyclic amines) is 1. The normalized spacial score (nSPS) is 23.2. The van der Waals surface area contributed by atoms with E-state index in [0.29, 0.717) is 12.1 Å². The van der Waals surface area contributed by atoms with Crippen molar-refractivity contribution in [1.29, 1.82) is 0 Å². The number of rotatable bonds is 5. The fourth-order valence-corrected chi connectivity index (χ4v) is 3.31. The third-order valence-corrected chi connectivity index (χ3v) is 5.11. The van der Waals surface area contributed by atoms with E-state index < -0.39 is 0 Å². The Morgan fingerprint density at radius 3 is 2.57 bits per heavy atom. The number of hydrogen-bond donors (Lipinski definition) is 1. The maximum absolute atomic E-state index is 6.52. The first-order valence-corrected chi connectivity index (χ1v) is 8.27. The minimum absolute atomic E-state index is 0.0770. The molecule has 1 heterocycles. The van der Waals surface area contributed by atoms with Gasteiger partial charge in [0.05, 0.1) is 0 Å². The van der Waals surface area contributed by atoms with Gasteiger partial charge in [-0.15, -0.1) is 0 Å². The van der Waals surface area contributed by atoms with Gasteiger partial charge < -0.3 is 10.6 Å². The zero-order valence-electron chi connectivity index (χ0n) is 14.0. The second-order valence-electron chi connectivity index (χ2n) is 6.59. The molecule has 0 aromatic heterocycles. The van der Waals surface area contributed by atoms with Crippen molar-refractivity contribution in [3.8, 4) is 0 Å². The van der Waals surface area contributed by atoms with Crippen LogP contribution in [0.2, 0.25) is 0 Å². The maximum Gasteiger partial charge on any atom is 0.0450 e. The van der Waals surface area contributed by atoms with Gasteiger partial charge in [0.15, 0.2) is 0 Å². The van der Waals surface area contributed by atoms with Crippen LogP contribution in [0.4, 0.5) is 0 Å². The van der Waals surface area contributed by atoms with E-state index in [9.17, 15) is 0 Å². The number of benzene rings is 1. The van der Waals surface area contributed by atoms with Crippen molar-refractivity contribution >= 4 is 0 Å². The highest BCUT2D eigenvalue weighted by molar-refractivity contribution is 5.25. The third kappa shape index (κ3) is 4.06. The Hall–Kier alpha value is -0.900. The van der Waals surface area contributed by atoms with Crippen molar-refractivity contribution < 1.29 is 0 Å². The molecule has 1 aliphatic heterocycles. The number of piperidine rings is 1. The van der Waals surface area contributed by atoms with Gasteiger partial charge in [-0.1, -0.05) is 31.2 Å². The van der Waals surface area contributed by atoms with Crippen LogP contribution >= 0.6 is 0 Å². The van der Waals surface area contributed by atoms with Gasteiger partial charge in [0.25, 0.3) is 0 Å². The Morgan fingerprint density at radius 1 is 1.33 bits per heavy atom. The SMILES string of the molecule is CCc1ccc(C(N)C(C)N(C)C2CCCN(C)C2)cc1. The van der Waals surface area contributed by atoms with Crippen molar-refractivity contribution in [2.45, 2.75) is 51.2 Å². The minimum Gasteiger partial charge on any atom is -0.323 e. The number of likely N-dealkylation sites (N-methyl/N-ethyl adjacent to an activating group) is 2. The zero-order chi connectivity index (χ0) is 15.4. The number of hydrogen-bond acceptors (Lipinski definition) is 3. The molecule has 3 atom stereocenters. The zero-order valence-corrected chi connectivity index (χ0v) is 14.0. The summed E-state index contributed by atoms with van der Waals surface area (Å²) in [5.74, 6) is 0. The molecule has 0 aliphatic carbocycles. The molecule has 118 valence electrons. The van der Waals surface area contributed by atoms with E-state index in [1.165, 1.54) is 30.5 Å². The molecule has 2 rings (SSSR count). The lowest BCUT2D eigenvalue weighted by Crippen LogP contribution is -2.50. The van der Waals surface area contributed by atoms with E-state index >= 15 is 0 Å². The molecule has 1 aromatic carbocycles. The molecule has 3 heteroatoms. The molecular formula is C18H31N3. The molecule has 0 amide bonds. The Morgan fingerprint density at radius 2 is 2.00 bits per heavy atom. The largest absolute Gasteiger partial charge is 0.323 e. The van der Waals surface area contributed by atoms with Crippen LogP contribution in [0.5, 0.6) is 0 Å². The van der Waals surface area contributed by atoms with Crippen LogP contribution in [0.3, 0.4) is 0 Å². The van der Waals surface area contributed by atoms with Gasteiger partial charge in [-0.25, -0.2) is 0 Å². The minimum atomic E-state index is 0.0770. The van der Waals surface area contributed by atoms with Crippen LogP contribution < -0.4 is 5.73 Å². The van der Waals surface area contributed by atoms with Crippen LogP contribution in [0, 0.1) is 0 Å². The van der Waals surface area contributed by atoms with Gasteiger partial charge >= 0.3 is 0 Å². The lowest BCUT2D eigenvalue weighted by molar-refractivity contribution is 0.0943. The second-order valence-corrected chi connectivity index (χ2v) is 6.59. The molecule has 2 N–H and O–H groups in total. The van der Waals surface area contributed by atoms with Gasteiger partial charge in [0.2, 0.25) is 0 Å². The van der Waals surface area contributed by atoms with Gasteiger partial charge in [-0.3, -0.25) is 4.90 Å². The number of nitrogens with two attached hydrogens (primary N) is 1. The molecule has 0 spiro atoms. The standard InChI is InChI=1S/C18H31N3/c1-5-15-8-10-16(11-9-15)18(19)14(2)21(4)17-7-6-12-20(3)13-17/h8-11,14,17-18H,5-7,12-13,19H2,1-4H3. The summed E-state index contributed by atoms with van der Waals surface area (Å²) in [6.07, 6.45) is 3.66. The topological polar surface area (TPSA) is 32.5 Å². The van der Waals surface area contributed by atoms with Gasteiger partial charge in [-0.2, -0.15) is 0 Å². The molecule has 1 fully saturated rings. The first-order chi connectivity index (χ1) is 10.0. The highest BCUT2D eigenvalue weighted by Gasteiger charge is 2.27. The van der Waals surface area contributed by atoms with Crippen LogP contribution in [0.1, 0.15) is 43.9 Å². The Labute approximate surface area is 130 Å². The van der Waals surface area contributed by atoms with E-state index in [1.807, 2.05) is 0 Å². The highest BCUT2D eigenvalue weighted by Crippen LogP contribution is 2.23. The summed E-state index contributed by atoms with van der Waals surface area (Å²) < 4.78 is 0. The van der Waals surface area contributed by atoms with Crippen LogP contribution in [-0.2, 0) is 6.42 Å². The lowest BCUT2D eigenvalue weighted by atomic mass is 9.96. The summed E-state index contributed by atoms with van der Waals surface area (Å²) in [4.78, 5) is 4.91. The molecule has 0 radical (unpaired) electrons. The number of nitrogens with zero attached hydrogens (tertiary/aromatic N) is 2. The first kappa shape index (κ1) is 16.5. The third-order valence-electron chi connectivity index (χ3n) is 5.11. The number of aryl methyl sites for hydroxylation is 1. The Bertz CT molecular complexity index is 429. The second kappa shape index (κ2) is 7.39. The quantitative estimate of drug-likeness (QED) is 0.904. The van der Waals surface area contributed by atoms with E-state index in [4.69, 9.17) is 5.73 Å². The predicted octanol–water partition coefficient (Wildman–Crippen LogP) is 2.66. The Kier molecular flexibility index (Phi) is 5.80. The average molecular weight is 289 g/mol. The van der Waals surface area contributed by atoms with Crippen molar-refractivity contribution in [2.24, 2.45) is 5.73 Å². The van der Waals surface area contributed by atoms with E-state index in [-0.39, 0.29) is 6.04 Å². The molecule has 0 bridgehead atoms. The fourth-order valence-electron chi connectivity index (χ4n) is 3.31. The van der Waals surface area contributed by atoms with Crippen LogP contribution in [0.25, 0.3) is 0 Å². The van der Waals surface area contributed by atoms with E-state index in [2.05, 4.69) is 62.0 Å². The average Bonchev–Trinajstić information content (AvgIpc) is 2.53. The predicted molar refractivity (Wildman–Crippen MR) is 90.5 cm³/mol. The summed E-state index contributed by atoms with van der Waals surface area (Å²) in [6.45, 7) is 6.82. The molecular weight excluding hydrogens is 258 g/mol. The molecule has 21 heavy (non-hydrogen) atoms. The molecule has 0 saturated carbocycles. The summed E-state index contributed by atoms with van der Waals surface area (Å²) in [5, 5.41) is 0. The molecule has 1 saturated heterocycles. The Balaban J connectivity index is 2.01. The van der Waals surface area contributed by atoms with Crippen molar-refractivity contribution in [2.75, 3.05) is 27.2 Å². The van der Waals surface area contributed by atoms with E-state index in [1.54, 1.807) is 0 Å². The fraction of sp³-hybridized carbons (Fsp3) is 0.667. The lowest BCUT2D eigenvalue weighted by Gasteiger charge is -2.40. The van der Waals surface area contributed by atoms with Gasteiger partial charge in [0, 0.05) is 24.7 Å². The monoisotopic (exact) mass is 289 g/mol. The molecule has 1 aromatic rings. The molecule has 3 nitrogen and oxygen atoms in total. The van der Waals surface area contributed by atoms with Crippen molar-refractivity contribution in [3.63, 3.8) is 0 Å². The van der Waals surface area contributed by atoms with E-state index in [0.717, 1.165) is 13.0 Å². The summed E-state index contributed by atoms with van der Waals surface area (Å²) in [6, 6.07) is 9.86. The van der Waals surface area contributed by atoms with Crippen molar-refractivity contribution in [1.82, 2.24) is 9.80 Å². The molecule has 3 unspecified atom stereocenters. The summed E-state index contributed by atoms with van der Waals surface area (Å²) >= 11 is 0. The first-order valence-electron chi connectivity index (χ1n) is 8.27. The highest BCUT2D eigenvalue weighted by atomic mass is 15.2. The van der Waals surface area contributed by atoms with Crippen molar-refractivity contribution in [3.05, 3.63) is 35.4 Å². The smallest absolute Gasteiger partial charge is 0.0450 e. The molecule has 1 aliphatic rings. The van der Waals surface area contributed by atoms with Crippen LogP contribution in [-0.4, -0.2) is 49.1 Å². The van der Waals surface area contributed by atoms with Gasteiger partial charge in [0.1, 0.15) is 0 Å². The maximum atomic E-state index is 6.52.